The maximum atomic E-state index is 13.0. The monoisotopic (exact) mass is 372 g/mol. The van der Waals surface area contributed by atoms with Gasteiger partial charge in [-0.1, -0.05) is 29.3 Å². The quantitative estimate of drug-likeness (QED) is 0.845. The Hall–Kier alpha value is -1.63. The molecule has 0 fully saturated rings. The minimum atomic E-state index is -3.65. The van der Waals surface area contributed by atoms with E-state index in [1.807, 2.05) is 6.92 Å². The third-order valence-electron chi connectivity index (χ3n) is 3.40. The largest absolute Gasteiger partial charge is 0.489 e. The number of ether oxygens (including phenoxy) is 1. The first-order chi connectivity index (χ1) is 11.2. The highest BCUT2D eigenvalue weighted by Gasteiger charge is 2.22. The lowest BCUT2D eigenvalue weighted by Crippen LogP contribution is -2.27. The Labute approximate surface area is 145 Å². The number of halogens is 2. The molecule has 2 aromatic rings. The van der Waals surface area contributed by atoms with Crippen LogP contribution in [0.2, 0.25) is 5.02 Å². The third kappa shape index (κ3) is 4.69. The van der Waals surface area contributed by atoms with Gasteiger partial charge in [-0.05, 0) is 43.7 Å². The van der Waals surface area contributed by atoms with E-state index in [1.165, 1.54) is 18.2 Å². The van der Waals surface area contributed by atoms with Crippen molar-refractivity contribution in [1.82, 2.24) is 0 Å². The normalized spacial score (nSPS) is 12.9. The van der Waals surface area contributed by atoms with Crippen molar-refractivity contribution in [1.29, 1.82) is 0 Å². The van der Waals surface area contributed by atoms with Gasteiger partial charge in [-0.25, -0.2) is 12.8 Å². The molecule has 130 valence electrons. The standard InChI is InChI=1S/C17H18ClFO4S/c1-11-3-6-17(12(2)7-11)24(21,22)10-14(20)9-23-16-5-4-13(19)8-15(16)18/h3-8,14,20H,9-10H2,1-2H3/t14-/m1/s1. The van der Waals surface area contributed by atoms with Gasteiger partial charge in [0.25, 0.3) is 0 Å². The topological polar surface area (TPSA) is 63.6 Å². The van der Waals surface area contributed by atoms with Crippen molar-refractivity contribution >= 4 is 21.4 Å². The van der Waals surface area contributed by atoms with Crippen molar-refractivity contribution in [2.24, 2.45) is 0 Å². The number of aliphatic hydroxyl groups excluding tert-OH is 1. The van der Waals surface area contributed by atoms with Crippen LogP contribution in [0.15, 0.2) is 41.3 Å². The smallest absolute Gasteiger partial charge is 0.181 e. The summed E-state index contributed by atoms with van der Waals surface area (Å²) in [4.78, 5) is 0.187. The van der Waals surface area contributed by atoms with Gasteiger partial charge in [-0.15, -0.1) is 0 Å². The van der Waals surface area contributed by atoms with Crippen molar-refractivity contribution in [3.05, 3.63) is 58.4 Å². The van der Waals surface area contributed by atoms with Gasteiger partial charge in [-0.3, -0.25) is 0 Å². The fourth-order valence-corrected chi connectivity index (χ4v) is 4.15. The number of sulfone groups is 1. The lowest BCUT2D eigenvalue weighted by Gasteiger charge is -2.15. The fourth-order valence-electron chi connectivity index (χ4n) is 2.32. The highest BCUT2D eigenvalue weighted by molar-refractivity contribution is 7.91. The minimum absolute atomic E-state index is 0.0550. The van der Waals surface area contributed by atoms with E-state index in [4.69, 9.17) is 16.3 Å². The molecule has 24 heavy (non-hydrogen) atoms. The second-order valence-electron chi connectivity index (χ2n) is 5.59. The van der Waals surface area contributed by atoms with Crippen LogP contribution in [0.3, 0.4) is 0 Å². The Morgan fingerprint density at radius 2 is 1.92 bits per heavy atom. The molecule has 0 aliphatic rings. The minimum Gasteiger partial charge on any atom is -0.489 e. The molecule has 4 nitrogen and oxygen atoms in total. The van der Waals surface area contributed by atoms with Crippen LogP contribution in [0, 0.1) is 19.7 Å². The van der Waals surface area contributed by atoms with Crippen LogP contribution in [-0.4, -0.2) is 32.0 Å². The van der Waals surface area contributed by atoms with Crippen LogP contribution in [0.4, 0.5) is 4.39 Å². The average Bonchev–Trinajstić information content (AvgIpc) is 2.45. The second kappa shape index (κ2) is 7.51. The number of aliphatic hydroxyl groups is 1. The van der Waals surface area contributed by atoms with Crippen LogP contribution in [-0.2, 0) is 9.84 Å². The van der Waals surface area contributed by atoms with Crippen molar-refractivity contribution < 1.29 is 22.7 Å². The van der Waals surface area contributed by atoms with E-state index in [9.17, 15) is 17.9 Å². The summed E-state index contributed by atoms with van der Waals surface area (Å²) < 4.78 is 43.0. The first-order valence-corrected chi connectivity index (χ1v) is 9.28. The lowest BCUT2D eigenvalue weighted by molar-refractivity contribution is 0.125. The van der Waals surface area contributed by atoms with Gasteiger partial charge < -0.3 is 9.84 Å². The molecule has 0 saturated heterocycles. The number of aryl methyl sites for hydroxylation is 2. The van der Waals surface area contributed by atoms with Crippen LogP contribution in [0.25, 0.3) is 0 Å². The number of rotatable bonds is 6. The molecule has 7 heteroatoms. The Balaban J connectivity index is 2.04. The molecular formula is C17H18ClFO4S. The first-order valence-electron chi connectivity index (χ1n) is 7.25. The molecule has 2 rings (SSSR count). The van der Waals surface area contributed by atoms with E-state index >= 15 is 0 Å². The molecule has 0 saturated carbocycles. The molecule has 1 atom stereocenters. The second-order valence-corrected chi connectivity index (χ2v) is 8.00. The molecule has 0 unspecified atom stereocenters. The lowest BCUT2D eigenvalue weighted by atomic mass is 10.2. The van der Waals surface area contributed by atoms with Crippen molar-refractivity contribution in [2.45, 2.75) is 24.8 Å². The Kier molecular flexibility index (Phi) is 5.85. The molecule has 1 N–H and O–H groups in total. The molecule has 0 aliphatic heterocycles. The highest BCUT2D eigenvalue weighted by atomic mass is 35.5. The number of hydrogen-bond donors (Lipinski definition) is 1. The SMILES string of the molecule is Cc1ccc(S(=O)(=O)C[C@H](O)COc2ccc(F)cc2Cl)c(C)c1. The zero-order valence-corrected chi connectivity index (χ0v) is 14.9. The summed E-state index contributed by atoms with van der Waals surface area (Å²) in [7, 11) is -3.65. The van der Waals surface area contributed by atoms with Gasteiger partial charge >= 0.3 is 0 Å². The van der Waals surface area contributed by atoms with Gasteiger partial charge in [0.05, 0.1) is 15.7 Å². The van der Waals surface area contributed by atoms with E-state index < -0.39 is 27.5 Å². The van der Waals surface area contributed by atoms with E-state index in [1.54, 1.807) is 19.1 Å². The number of benzene rings is 2. The molecule has 0 spiro atoms. The Morgan fingerprint density at radius 3 is 2.54 bits per heavy atom. The summed E-state index contributed by atoms with van der Waals surface area (Å²) in [6.45, 7) is 3.31. The maximum absolute atomic E-state index is 13.0. The molecule has 2 aromatic carbocycles. The number of hydrogen-bond acceptors (Lipinski definition) is 4. The zero-order valence-electron chi connectivity index (χ0n) is 13.3. The molecule has 0 amide bonds. The molecule has 0 aliphatic carbocycles. The summed E-state index contributed by atoms with van der Waals surface area (Å²) >= 11 is 5.81. The summed E-state index contributed by atoms with van der Waals surface area (Å²) in [6.07, 6.45) is -1.24. The van der Waals surface area contributed by atoms with Gasteiger partial charge in [0.1, 0.15) is 24.3 Å². The Bertz CT molecular complexity index is 836. The maximum Gasteiger partial charge on any atom is 0.181 e. The molecule has 0 aromatic heterocycles. The molecule has 0 radical (unpaired) electrons. The Morgan fingerprint density at radius 1 is 1.21 bits per heavy atom. The highest BCUT2D eigenvalue weighted by Crippen LogP contribution is 2.25. The van der Waals surface area contributed by atoms with Gasteiger partial charge in [-0.2, -0.15) is 0 Å². The van der Waals surface area contributed by atoms with Crippen molar-refractivity contribution in [3.63, 3.8) is 0 Å². The first kappa shape index (κ1) is 18.7. The van der Waals surface area contributed by atoms with Crippen molar-refractivity contribution in [2.75, 3.05) is 12.4 Å². The average molecular weight is 373 g/mol. The third-order valence-corrected chi connectivity index (χ3v) is 5.65. The summed E-state index contributed by atoms with van der Waals surface area (Å²) in [5.74, 6) is -0.804. The van der Waals surface area contributed by atoms with Crippen LogP contribution < -0.4 is 4.74 Å². The summed E-state index contributed by atoms with van der Waals surface area (Å²) in [6, 6.07) is 8.58. The van der Waals surface area contributed by atoms with Gasteiger partial charge in [0.2, 0.25) is 0 Å². The van der Waals surface area contributed by atoms with Crippen molar-refractivity contribution in [3.8, 4) is 5.75 Å². The molecular weight excluding hydrogens is 355 g/mol. The van der Waals surface area contributed by atoms with Crippen LogP contribution >= 0.6 is 11.6 Å². The summed E-state index contributed by atoms with van der Waals surface area (Å²) in [5.41, 5.74) is 1.59. The zero-order chi connectivity index (χ0) is 17.9. The predicted molar refractivity (Wildman–Crippen MR) is 90.9 cm³/mol. The summed E-state index contributed by atoms with van der Waals surface area (Å²) in [5, 5.41) is 10.0. The predicted octanol–water partition coefficient (Wildman–Crippen LogP) is 3.31. The van der Waals surface area contributed by atoms with Crippen LogP contribution in [0.5, 0.6) is 5.75 Å². The van der Waals surface area contributed by atoms with E-state index in [0.717, 1.165) is 11.6 Å². The van der Waals surface area contributed by atoms with E-state index in [0.29, 0.717) is 5.56 Å². The van der Waals surface area contributed by atoms with E-state index in [2.05, 4.69) is 0 Å². The fraction of sp³-hybridized carbons (Fsp3) is 0.294. The van der Waals surface area contributed by atoms with E-state index in [-0.39, 0.29) is 22.3 Å². The van der Waals surface area contributed by atoms with Gasteiger partial charge in [0, 0.05) is 0 Å². The molecule has 0 bridgehead atoms. The van der Waals surface area contributed by atoms with Gasteiger partial charge in [0.15, 0.2) is 9.84 Å². The molecule has 0 heterocycles. The van der Waals surface area contributed by atoms with Crippen LogP contribution in [0.1, 0.15) is 11.1 Å².